The van der Waals surface area contributed by atoms with Crippen molar-refractivity contribution in [2.75, 3.05) is 56.3 Å². The summed E-state index contributed by atoms with van der Waals surface area (Å²) in [5.74, 6) is -3.43. The Morgan fingerprint density at radius 2 is 1.52 bits per heavy atom. The highest BCUT2D eigenvalue weighted by Gasteiger charge is 2.33. The van der Waals surface area contributed by atoms with Crippen LogP contribution < -0.4 is 15.5 Å². The highest BCUT2D eigenvalue weighted by atomic mass is 127. The molecule has 0 bridgehead atoms. The average molecular weight is 807 g/mol. The van der Waals surface area contributed by atoms with Crippen LogP contribution in [-0.2, 0) is 9.59 Å². The number of amides is 3. The van der Waals surface area contributed by atoms with E-state index in [1.807, 2.05) is 67.8 Å². The molecular formula is C18H24I3N3O9. The Labute approximate surface area is 230 Å². The second kappa shape index (κ2) is 14.9. The predicted octanol–water partition coefficient (Wildman–Crippen LogP) is -1.56. The van der Waals surface area contributed by atoms with Crippen molar-refractivity contribution in [3.63, 3.8) is 0 Å². The second-order valence-electron chi connectivity index (χ2n) is 6.57. The lowest BCUT2D eigenvalue weighted by Gasteiger charge is -2.31. The Balaban J connectivity index is 3.90. The Morgan fingerprint density at radius 1 is 0.909 bits per heavy atom. The van der Waals surface area contributed by atoms with E-state index in [0.29, 0.717) is 3.57 Å². The smallest absolute Gasteiger partial charge is 0.253 e. The van der Waals surface area contributed by atoms with Crippen LogP contribution in [0.25, 0.3) is 0 Å². The summed E-state index contributed by atoms with van der Waals surface area (Å²) in [6.07, 6.45) is -1.39. The molecule has 3 amide bonds. The molecule has 8 N–H and O–H groups in total. The number of nitrogens with one attached hydrogen (secondary N) is 2. The van der Waals surface area contributed by atoms with E-state index in [2.05, 4.69) is 10.6 Å². The van der Waals surface area contributed by atoms with Gasteiger partial charge in [0, 0.05) is 6.54 Å². The summed E-state index contributed by atoms with van der Waals surface area (Å²) < 4.78 is 0.806. The first-order valence-electron chi connectivity index (χ1n) is 9.41. The van der Waals surface area contributed by atoms with E-state index in [1.54, 1.807) is 0 Å². The van der Waals surface area contributed by atoms with E-state index in [4.69, 9.17) is 5.11 Å². The summed E-state index contributed by atoms with van der Waals surface area (Å²) >= 11 is 5.47. The van der Waals surface area contributed by atoms with Gasteiger partial charge in [-0.1, -0.05) is 0 Å². The number of benzene rings is 1. The lowest BCUT2D eigenvalue weighted by molar-refractivity contribution is -0.125. The van der Waals surface area contributed by atoms with Gasteiger partial charge < -0.3 is 46.2 Å². The first-order valence-corrected chi connectivity index (χ1v) is 12.6. The van der Waals surface area contributed by atoms with Gasteiger partial charge in [-0.15, -0.1) is 0 Å². The standard InChI is InChI=1S/C18H24I3N3O9/c19-12-11(17(32)22-1-2-25)13(20)16(14(21)15(12)23-10(31)7-29)24(3-9(30)6-28)18(33)8(4-26)5-27/h8-9,25-30H,1-7H2,(H,22,32)(H,23,31). The first-order chi connectivity index (χ1) is 15.6. The van der Waals surface area contributed by atoms with Gasteiger partial charge in [-0.2, -0.15) is 0 Å². The lowest BCUT2D eigenvalue weighted by atomic mass is 10.1. The third-order valence-electron chi connectivity index (χ3n) is 4.26. The van der Waals surface area contributed by atoms with Crippen molar-refractivity contribution in [3.05, 3.63) is 16.3 Å². The molecule has 33 heavy (non-hydrogen) atoms. The van der Waals surface area contributed by atoms with Crippen LogP contribution in [0, 0.1) is 16.6 Å². The Bertz CT molecular complexity index is 869. The number of anilines is 2. The van der Waals surface area contributed by atoms with Crippen molar-refractivity contribution in [1.29, 1.82) is 0 Å². The molecule has 0 aromatic heterocycles. The van der Waals surface area contributed by atoms with Crippen molar-refractivity contribution < 1.29 is 45.0 Å². The van der Waals surface area contributed by atoms with Crippen LogP contribution in [0.4, 0.5) is 11.4 Å². The fraction of sp³-hybridized carbons (Fsp3) is 0.500. The minimum absolute atomic E-state index is 0.0501. The third-order valence-corrected chi connectivity index (χ3v) is 7.44. The Hall–Kier alpha value is -0.420. The third kappa shape index (κ3) is 7.78. The van der Waals surface area contributed by atoms with Gasteiger partial charge in [0.25, 0.3) is 5.91 Å². The van der Waals surface area contributed by atoms with Crippen LogP contribution in [0.1, 0.15) is 10.4 Å². The first kappa shape index (κ1) is 30.6. The van der Waals surface area contributed by atoms with Crippen LogP contribution >= 0.6 is 67.8 Å². The lowest BCUT2D eigenvalue weighted by Crippen LogP contribution is -2.45. The monoisotopic (exact) mass is 807 g/mol. The maximum atomic E-state index is 13.1. The van der Waals surface area contributed by atoms with Crippen LogP contribution in [0.2, 0.25) is 0 Å². The van der Waals surface area contributed by atoms with E-state index in [1.165, 1.54) is 0 Å². The van der Waals surface area contributed by atoms with Gasteiger partial charge in [0.05, 0.1) is 72.6 Å². The summed E-state index contributed by atoms with van der Waals surface area (Å²) in [7, 11) is 0. The van der Waals surface area contributed by atoms with Crippen LogP contribution in [0.3, 0.4) is 0 Å². The molecule has 15 heteroatoms. The molecule has 1 unspecified atom stereocenters. The molecule has 1 atom stereocenters. The molecule has 0 aliphatic carbocycles. The number of rotatable bonds is 12. The number of hydrogen-bond donors (Lipinski definition) is 8. The van der Waals surface area contributed by atoms with Gasteiger partial charge in [0.1, 0.15) is 6.61 Å². The average Bonchev–Trinajstić information content (AvgIpc) is 2.79. The molecule has 0 aliphatic rings. The van der Waals surface area contributed by atoms with Crippen LogP contribution in [-0.4, -0.2) is 101 Å². The zero-order chi connectivity index (χ0) is 25.3. The molecule has 186 valence electrons. The summed E-state index contributed by atoms with van der Waals surface area (Å²) in [5, 5.41) is 61.6. The number of carbonyl (C=O) groups excluding carboxylic acids is 3. The molecule has 0 heterocycles. The van der Waals surface area contributed by atoms with E-state index < -0.39 is 62.7 Å². The zero-order valence-electron chi connectivity index (χ0n) is 17.1. The van der Waals surface area contributed by atoms with Gasteiger partial charge in [0.2, 0.25) is 11.8 Å². The molecule has 0 radical (unpaired) electrons. The largest absolute Gasteiger partial charge is 0.395 e. The summed E-state index contributed by atoms with van der Waals surface area (Å²) in [5.41, 5.74) is 0.248. The number of aliphatic hydroxyl groups is 6. The molecule has 0 spiro atoms. The maximum Gasteiger partial charge on any atom is 0.253 e. The maximum absolute atomic E-state index is 13.1. The molecule has 1 aromatic carbocycles. The van der Waals surface area contributed by atoms with Crippen molar-refractivity contribution in [2.24, 2.45) is 5.92 Å². The summed E-state index contributed by atoms with van der Waals surface area (Å²) in [6, 6.07) is 0. The van der Waals surface area contributed by atoms with Crippen molar-refractivity contribution in [1.82, 2.24) is 5.32 Å². The number of carbonyl (C=O) groups is 3. The molecule has 0 saturated carbocycles. The van der Waals surface area contributed by atoms with Crippen molar-refractivity contribution in [3.8, 4) is 0 Å². The quantitative estimate of drug-likeness (QED) is 0.115. The topological polar surface area (TPSA) is 200 Å². The van der Waals surface area contributed by atoms with Crippen molar-refractivity contribution in [2.45, 2.75) is 6.10 Å². The van der Waals surface area contributed by atoms with Crippen LogP contribution in [0.5, 0.6) is 0 Å². The fourth-order valence-corrected chi connectivity index (χ4v) is 7.14. The minimum atomic E-state index is -1.39. The molecule has 12 nitrogen and oxygen atoms in total. The molecule has 1 aromatic rings. The number of nitrogens with zero attached hydrogens (tertiary/aromatic N) is 1. The van der Waals surface area contributed by atoms with E-state index >= 15 is 0 Å². The van der Waals surface area contributed by atoms with Gasteiger partial charge in [-0.25, -0.2) is 0 Å². The highest BCUT2D eigenvalue weighted by molar-refractivity contribution is 14.1. The molecule has 0 fully saturated rings. The fourth-order valence-electron chi connectivity index (χ4n) is 2.63. The minimum Gasteiger partial charge on any atom is -0.395 e. The molecular weight excluding hydrogens is 783 g/mol. The van der Waals surface area contributed by atoms with E-state index in [-0.39, 0.29) is 37.2 Å². The van der Waals surface area contributed by atoms with Gasteiger partial charge >= 0.3 is 0 Å². The molecule has 1 rings (SSSR count). The SMILES string of the molecule is O=C(CO)Nc1c(I)c(C(=O)NCCO)c(I)c(N(CC(O)CO)C(=O)C(CO)CO)c1I. The Kier molecular flexibility index (Phi) is 13.8. The number of aliphatic hydroxyl groups excluding tert-OH is 6. The normalized spacial score (nSPS) is 11.9. The summed E-state index contributed by atoms with van der Waals surface area (Å²) in [4.78, 5) is 39.0. The van der Waals surface area contributed by atoms with Crippen molar-refractivity contribution >= 4 is 96.9 Å². The van der Waals surface area contributed by atoms with Gasteiger partial charge in [-0.3, -0.25) is 14.4 Å². The van der Waals surface area contributed by atoms with E-state index in [0.717, 1.165) is 4.90 Å². The molecule has 0 saturated heterocycles. The van der Waals surface area contributed by atoms with Crippen LogP contribution in [0.15, 0.2) is 0 Å². The predicted molar refractivity (Wildman–Crippen MR) is 143 cm³/mol. The zero-order valence-corrected chi connectivity index (χ0v) is 23.6. The summed E-state index contributed by atoms with van der Waals surface area (Å²) in [6.45, 7) is -3.76. The molecule has 0 aliphatic heterocycles. The van der Waals surface area contributed by atoms with Gasteiger partial charge in [-0.05, 0) is 67.8 Å². The highest BCUT2D eigenvalue weighted by Crippen LogP contribution is 2.41. The second-order valence-corrected chi connectivity index (χ2v) is 9.81. The van der Waals surface area contributed by atoms with Gasteiger partial charge in [0.15, 0.2) is 0 Å². The van der Waals surface area contributed by atoms with E-state index in [9.17, 15) is 39.9 Å². The number of halogens is 3. The number of hydrogen-bond acceptors (Lipinski definition) is 9. The Morgan fingerprint density at radius 3 is 2.00 bits per heavy atom.